The van der Waals surface area contributed by atoms with Gasteiger partial charge in [0.05, 0.1) is 40.9 Å². The number of amides is 2. The van der Waals surface area contributed by atoms with Crippen LogP contribution in [0.3, 0.4) is 0 Å². The van der Waals surface area contributed by atoms with Crippen molar-refractivity contribution in [3.63, 3.8) is 0 Å². The van der Waals surface area contributed by atoms with E-state index < -0.39 is 22.6 Å². The normalized spacial score (nSPS) is 15.9. The molecule has 34 heavy (non-hydrogen) atoms. The molecule has 1 atom stereocenters. The molecule has 10 nitrogen and oxygen atoms in total. The van der Waals surface area contributed by atoms with Gasteiger partial charge in [-0.25, -0.2) is 4.39 Å². The molecule has 1 saturated heterocycles. The van der Waals surface area contributed by atoms with Crippen LogP contribution in [0, 0.1) is 21.8 Å². The Kier molecular flexibility index (Phi) is 8.25. The molecule has 2 aromatic rings. The van der Waals surface area contributed by atoms with Crippen molar-refractivity contribution in [3.05, 3.63) is 64.0 Å². The standard InChI is InChI=1S/C23H25FN4O6/c1-2-34-23(31)15-6-5-11-27(13-15)14-21(29)25-19-10-9-16(28(32)33)12-17(19)22(30)26-20-8-4-3-7-18(20)24/h3-4,7-10,12,15H,2,5-6,11,13-14H2,1H3,(H,25,29)(H,26,30). The Balaban J connectivity index is 1.73. The van der Waals surface area contributed by atoms with Crippen LogP contribution in [0.5, 0.6) is 0 Å². The summed E-state index contributed by atoms with van der Waals surface area (Å²) in [5.74, 6) is -2.56. The van der Waals surface area contributed by atoms with E-state index in [4.69, 9.17) is 4.74 Å². The van der Waals surface area contributed by atoms with Crippen LogP contribution in [0.4, 0.5) is 21.5 Å². The van der Waals surface area contributed by atoms with Gasteiger partial charge in [-0.1, -0.05) is 12.1 Å². The predicted molar refractivity (Wildman–Crippen MR) is 122 cm³/mol. The zero-order valence-electron chi connectivity index (χ0n) is 18.6. The molecule has 0 bridgehead atoms. The Labute approximate surface area is 195 Å². The van der Waals surface area contributed by atoms with Gasteiger partial charge in [0.15, 0.2) is 0 Å². The first-order chi connectivity index (χ1) is 16.3. The zero-order valence-corrected chi connectivity index (χ0v) is 18.6. The number of halogens is 1. The third-order valence-electron chi connectivity index (χ3n) is 5.35. The highest BCUT2D eigenvalue weighted by molar-refractivity contribution is 6.10. The summed E-state index contributed by atoms with van der Waals surface area (Å²) in [5.41, 5.74) is -0.600. The lowest BCUT2D eigenvalue weighted by Gasteiger charge is -2.30. The zero-order chi connectivity index (χ0) is 24.7. The molecule has 1 aliphatic heterocycles. The smallest absolute Gasteiger partial charge is 0.310 e. The lowest BCUT2D eigenvalue weighted by Crippen LogP contribution is -2.43. The lowest BCUT2D eigenvalue weighted by atomic mass is 9.98. The summed E-state index contributed by atoms with van der Waals surface area (Å²) in [6.45, 7) is 2.96. The summed E-state index contributed by atoms with van der Waals surface area (Å²) < 4.78 is 19.0. The molecule has 2 N–H and O–H groups in total. The second-order valence-corrected chi connectivity index (χ2v) is 7.80. The molecule has 11 heteroatoms. The molecule has 180 valence electrons. The number of anilines is 2. The molecule has 0 aliphatic carbocycles. The first-order valence-corrected chi connectivity index (χ1v) is 10.8. The van der Waals surface area contributed by atoms with Gasteiger partial charge in [0.25, 0.3) is 11.6 Å². The maximum atomic E-state index is 14.0. The van der Waals surface area contributed by atoms with E-state index in [-0.39, 0.29) is 47.7 Å². The number of rotatable bonds is 8. The Bertz CT molecular complexity index is 1090. The molecular weight excluding hydrogens is 447 g/mol. The number of carbonyl (C=O) groups excluding carboxylic acids is 3. The number of hydrogen-bond acceptors (Lipinski definition) is 7. The third-order valence-corrected chi connectivity index (χ3v) is 5.35. The van der Waals surface area contributed by atoms with Crippen molar-refractivity contribution in [2.45, 2.75) is 19.8 Å². The van der Waals surface area contributed by atoms with Gasteiger partial charge in [-0.2, -0.15) is 0 Å². The highest BCUT2D eigenvalue weighted by atomic mass is 19.1. The van der Waals surface area contributed by atoms with Crippen LogP contribution in [0.2, 0.25) is 0 Å². The molecule has 1 heterocycles. The van der Waals surface area contributed by atoms with Gasteiger partial charge in [-0.05, 0) is 44.5 Å². The van der Waals surface area contributed by atoms with Crippen molar-refractivity contribution in [3.8, 4) is 0 Å². The molecule has 1 aliphatic rings. The Morgan fingerprint density at radius 1 is 1.18 bits per heavy atom. The van der Waals surface area contributed by atoms with Crippen LogP contribution < -0.4 is 10.6 Å². The predicted octanol–water partition coefficient (Wildman–Crippen LogP) is 3.20. The van der Waals surface area contributed by atoms with Crippen molar-refractivity contribution in [2.75, 3.05) is 36.9 Å². The summed E-state index contributed by atoms with van der Waals surface area (Å²) in [6, 6.07) is 8.92. The number of esters is 1. The average Bonchev–Trinajstić information content (AvgIpc) is 2.81. The maximum Gasteiger partial charge on any atom is 0.310 e. The Morgan fingerprint density at radius 2 is 1.94 bits per heavy atom. The van der Waals surface area contributed by atoms with E-state index in [1.54, 1.807) is 6.92 Å². The van der Waals surface area contributed by atoms with Gasteiger partial charge in [-0.15, -0.1) is 0 Å². The number of hydrogen-bond donors (Lipinski definition) is 2. The van der Waals surface area contributed by atoms with Crippen molar-refractivity contribution in [1.82, 2.24) is 4.90 Å². The van der Waals surface area contributed by atoms with Crippen LogP contribution in [-0.2, 0) is 14.3 Å². The highest BCUT2D eigenvalue weighted by Gasteiger charge is 2.28. The minimum Gasteiger partial charge on any atom is -0.466 e. The van der Waals surface area contributed by atoms with Crippen molar-refractivity contribution < 1.29 is 28.4 Å². The van der Waals surface area contributed by atoms with E-state index in [9.17, 15) is 28.9 Å². The number of nitro benzene ring substituents is 1. The largest absolute Gasteiger partial charge is 0.466 e. The molecule has 0 aromatic heterocycles. The number of nitrogens with zero attached hydrogens (tertiary/aromatic N) is 2. The topological polar surface area (TPSA) is 131 Å². The summed E-state index contributed by atoms with van der Waals surface area (Å²) in [4.78, 5) is 49.9. The molecule has 0 saturated carbocycles. The SMILES string of the molecule is CCOC(=O)C1CCCN(CC(=O)Nc2ccc([N+](=O)[O-])cc2C(=O)Nc2ccccc2F)C1. The summed E-state index contributed by atoms with van der Waals surface area (Å²) in [5, 5.41) is 16.2. The highest BCUT2D eigenvalue weighted by Crippen LogP contribution is 2.25. The van der Waals surface area contributed by atoms with E-state index in [1.165, 1.54) is 24.3 Å². The number of para-hydroxylation sites is 1. The molecule has 0 spiro atoms. The van der Waals surface area contributed by atoms with Gasteiger partial charge in [0.2, 0.25) is 5.91 Å². The number of nitro groups is 1. The van der Waals surface area contributed by atoms with Crippen molar-refractivity contribution >= 4 is 34.8 Å². The minimum absolute atomic E-state index is 0.0404. The first kappa shape index (κ1) is 24.8. The molecule has 1 fully saturated rings. The molecule has 2 amide bonds. The Hall–Kier alpha value is -3.86. The summed E-state index contributed by atoms with van der Waals surface area (Å²) in [6.07, 6.45) is 1.41. The fourth-order valence-corrected chi connectivity index (χ4v) is 3.74. The van der Waals surface area contributed by atoms with Crippen molar-refractivity contribution in [2.24, 2.45) is 5.92 Å². The fraction of sp³-hybridized carbons (Fsp3) is 0.348. The third kappa shape index (κ3) is 6.35. The monoisotopic (exact) mass is 472 g/mol. The van der Waals surface area contributed by atoms with Crippen LogP contribution in [0.25, 0.3) is 0 Å². The molecule has 2 aromatic carbocycles. The first-order valence-electron chi connectivity index (χ1n) is 10.8. The van der Waals surface area contributed by atoms with Gasteiger partial charge < -0.3 is 15.4 Å². The Morgan fingerprint density at radius 3 is 2.65 bits per heavy atom. The number of piperidine rings is 1. The number of benzene rings is 2. The summed E-state index contributed by atoms with van der Waals surface area (Å²) >= 11 is 0. The summed E-state index contributed by atoms with van der Waals surface area (Å²) in [7, 11) is 0. The number of carbonyl (C=O) groups is 3. The number of nitrogens with one attached hydrogen (secondary N) is 2. The molecular formula is C23H25FN4O6. The van der Waals surface area contributed by atoms with Gasteiger partial charge in [0, 0.05) is 18.7 Å². The van der Waals surface area contributed by atoms with Crippen LogP contribution in [-0.4, -0.2) is 53.8 Å². The van der Waals surface area contributed by atoms with Crippen LogP contribution >= 0.6 is 0 Å². The second kappa shape index (κ2) is 11.3. The molecule has 0 radical (unpaired) electrons. The molecule has 1 unspecified atom stereocenters. The van der Waals surface area contributed by atoms with E-state index in [1.807, 2.05) is 4.90 Å². The second-order valence-electron chi connectivity index (χ2n) is 7.80. The van der Waals surface area contributed by atoms with Gasteiger partial charge >= 0.3 is 5.97 Å². The number of non-ortho nitro benzene ring substituents is 1. The lowest BCUT2D eigenvalue weighted by molar-refractivity contribution is -0.384. The average molecular weight is 472 g/mol. The number of ether oxygens (including phenoxy) is 1. The van der Waals surface area contributed by atoms with Crippen LogP contribution in [0.15, 0.2) is 42.5 Å². The van der Waals surface area contributed by atoms with E-state index in [0.29, 0.717) is 19.5 Å². The van der Waals surface area contributed by atoms with Gasteiger partial charge in [-0.3, -0.25) is 29.4 Å². The maximum absolute atomic E-state index is 14.0. The van der Waals surface area contributed by atoms with E-state index >= 15 is 0 Å². The van der Waals surface area contributed by atoms with Crippen molar-refractivity contribution in [1.29, 1.82) is 0 Å². The quantitative estimate of drug-likeness (QED) is 0.343. The minimum atomic E-state index is -0.815. The van der Waals surface area contributed by atoms with E-state index in [0.717, 1.165) is 24.6 Å². The molecule has 3 rings (SSSR count). The van der Waals surface area contributed by atoms with Gasteiger partial charge in [0.1, 0.15) is 5.82 Å². The van der Waals surface area contributed by atoms with Crippen LogP contribution in [0.1, 0.15) is 30.1 Å². The van der Waals surface area contributed by atoms with E-state index in [2.05, 4.69) is 10.6 Å². The number of likely N-dealkylation sites (tertiary alicyclic amines) is 1. The fourth-order valence-electron chi connectivity index (χ4n) is 3.74.